The van der Waals surface area contributed by atoms with E-state index in [1.807, 2.05) is 6.20 Å². The fourth-order valence-corrected chi connectivity index (χ4v) is 1.81. The molecule has 4 heteroatoms. The zero-order valence-electron chi connectivity index (χ0n) is 11.6. The molecule has 1 unspecified atom stereocenters. The molecule has 0 aliphatic carbocycles. The lowest BCUT2D eigenvalue weighted by molar-refractivity contribution is 0.409. The highest BCUT2D eigenvalue weighted by Gasteiger charge is 2.09. The van der Waals surface area contributed by atoms with Crippen molar-refractivity contribution in [3.8, 4) is 0 Å². The van der Waals surface area contributed by atoms with Crippen LogP contribution in [0, 0.1) is 6.92 Å². The summed E-state index contributed by atoms with van der Waals surface area (Å²) in [5.41, 5.74) is 2.28. The molecule has 1 aromatic rings. The van der Waals surface area contributed by atoms with Crippen LogP contribution in [0.3, 0.4) is 0 Å². The molecule has 1 heterocycles. The lowest BCUT2D eigenvalue weighted by Gasteiger charge is -2.15. The number of hydrogen-bond acceptors (Lipinski definition) is 4. The SMILES string of the molecule is CCNC(C)c1cnc(CCN(C)C)nc1C. The molecule has 0 aliphatic rings. The number of likely N-dealkylation sites (N-methyl/N-ethyl adjacent to an activating group) is 1. The Hall–Kier alpha value is -1.00. The first-order valence-electron chi connectivity index (χ1n) is 6.25. The van der Waals surface area contributed by atoms with E-state index in [2.05, 4.69) is 55.1 Å². The van der Waals surface area contributed by atoms with Crippen LogP contribution in [0.25, 0.3) is 0 Å². The van der Waals surface area contributed by atoms with Crippen molar-refractivity contribution in [2.24, 2.45) is 0 Å². The summed E-state index contributed by atoms with van der Waals surface area (Å²) >= 11 is 0. The molecule has 1 rings (SSSR count). The van der Waals surface area contributed by atoms with E-state index in [0.29, 0.717) is 6.04 Å². The zero-order chi connectivity index (χ0) is 12.8. The Labute approximate surface area is 104 Å². The van der Waals surface area contributed by atoms with Gasteiger partial charge in [0.2, 0.25) is 0 Å². The minimum atomic E-state index is 0.322. The van der Waals surface area contributed by atoms with Crippen molar-refractivity contribution >= 4 is 0 Å². The summed E-state index contributed by atoms with van der Waals surface area (Å²) in [7, 11) is 4.13. The summed E-state index contributed by atoms with van der Waals surface area (Å²) < 4.78 is 0. The van der Waals surface area contributed by atoms with Gasteiger partial charge in [-0.05, 0) is 34.5 Å². The van der Waals surface area contributed by atoms with Gasteiger partial charge in [0.1, 0.15) is 5.82 Å². The highest BCUT2D eigenvalue weighted by atomic mass is 15.1. The van der Waals surface area contributed by atoms with E-state index in [4.69, 9.17) is 0 Å². The topological polar surface area (TPSA) is 41.1 Å². The van der Waals surface area contributed by atoms with Gasteiger partial charge < -0.3 is 10.2 Å². The van der Waals surface area contributed by atoms with E-state index >= 15 is 0 Å². The monoisotopic (exact) mass is 236 g/mol. The highest BCUT2D eigenvalue weighted by molar-refractivity contribution is 5.19. The molecule has 1 atom stereocenters. The van der Waals surface area contributed by atoms with Crippen LogP contribution in [0.5, 0.6) is 0 Å². The second kappa shape index (κ2) is 6.67. The summed E-state index contributed by atoms with van der Waals surface area (Å²) in [6.07, 6.45) is 2.87. The molecule has 4 nitrogen and oxygen atoms in total. The number of aromatic nitrogens is 2. The standard InChI is InChI=1S/C13H24N4/c1-6-14-10(2)12-9-15-13(16-11(12)3)7-8-17(4)5/h9-10,14H,6-8H2,1-5H3. The average Bonchev–Trinajstić information content (AvgIpc) is 2.26. The van der Waals surface area contributed by atoms with Gasteiger partial charge in [-0.1, -0.05) is 6.92 Å². The molecule has 0 aromatic carbocycles. The van der Waals surface area contributed by atoms with Gasteiger partial charge in [-0.15, -0.1) is 0 Å². The second-order valence-corrected chi connectivity index (χ2v) is 4.66. The molecule has 17 heavy (non-hydrogen) atoms. The average molecular weight is 236 g/mol. The normalized spacial score (nSPS) is 13.1. The van der Waals surface area contributed by atoms with E-state index in [1.165, 1.54) is 5.56 Å². The van der Waals surface area contributed by atoms with Crippen molar-refractivity contribution in [2.45, 2.75) is 33.2 Å². The minimum absolute atomic E-state index is 0.322. The lowest BCUT2D eigenvalue weighted by Crippen LogP contribution is -2.20. The van der Waals surface area contributed by atoms with E-state index in [1.54, 1.807) is 0 Å². The Morgan fingerprint density at radius 3 is 2.65 bits per heavy atom. The van der Waals surface area contributed by atoms with Gasteiger partial charge in [-0.3, -0.25) is 0 Å². The molecular formula is C13H24N4. The molecule has 1 N–H and O–H groups in total. The van der Waals surface area contributed by atoms with Gasteiger partial charge in [0, 0.05) is 36.5 Å². The van der Waals surface area contributed by atoms with Crippen LogP contribution >= 0.6 is 0 Å². The van der Waals surface area contributed by atoms with Crippen molar-refractivity contribution in [3.05, 3.63) is 23.3 Å². The number of hydrogen-bond donors (Lipinski definition) is 1. The third kappa shape index (κ3) is 4.40. The lowest BCUT2D eigenvalue weighted by atomic mass is 10.1. The summed E-state index contributed by atoms with van der Waals surface area (Å²) in [5.74, 6) is 0.934. The molecule has 0 fully saturated rings. The maximum atomic E-state index is 4.57. The first-order valence-corrected chi connectivity index (χ1v) is 6.25. The van der Waals surface area contributed by atoms with Gasteiger partial charge >= 0.3 is 0 Å². The van der Waals surface area contributed by atoms with E-state index < -0.39 is 0 Å². The Morgan fingerprint density at radius 2 is 2.12 bits per heavy atom. The first kappa shape index (κ1) is 14.1. The summed E-state index contributed by atoms with van der Waals surface area (Å²) in [6, 6.07) is 0.322. The maximum Gasteiger partial charge on any atom is 0.129 e. The summed E-state index contributed by atoms with van der Waals surface area (Å²) in [4.78, 5) is 11.2. The predicted molar refractivity (Wildman–Crippen MR) is 71.1 cm³/mol. The number of nitrogens with one attached hydrogen (secondary N) is 1. The zero-order valence-corrected chi connectivity index (χ0v) is 11.6. The maximum absolute atomic E-state index is 4.57. The fraction of sp³-hybridized carbons (Fsp3) is 0.692. The molecule has 0 amide bonds. The third-order valence-corrected chi connectivity index (χ3v) is 2.83. The van der Waals surface area contributed by atoms with Crippen molar-refractivity contribution in [1.29, 1.82) is 0 Å². The highest BCUT2D eigenvalue weighted by Crippen LogP contribution is 2.14. The molecule has 0 saturated carbocycles. The second-order valence-electron chi connectivity index (χ2n) is 4.66. The van der Waals surface area contributed by atoms with E-state index in [0.717, 1.165) is 31.0 Å². The van der Waals surface area contributed by atoms with Crippen LogP contribution in [0.15, 0.2) is 6.20 Å². The smallest absolute Gasteiger partial charge is 0.129 e. The molecule has 0 aliphatic heterocycles. The molecule has 96 valence electrons. The number of nitrogens with zero attached hydrogens (tertiary/aromatic N) is 3. The van der Waals surface area contributed by atoms with Gasteiger partial charge in [-0.25, -0.2) is 9.97 Å². The van der Waals surface area contributed by atoms with Gasteiger partial charge in [0.25, 0.3) is 0 Å². The molecule has 1 aromatic heterocycles. The molecule has 0 spiro atoms. The van der Waals surface area contributed by atoms with Gasteiger partial charge in [0.05, 0.1) is 0 Å². The Kier molecular flexibility index (Phi) is 5.51. The quantitative estimate of drug-likeness (QED) is 0.814. The Bertz CT molecular complexity index is 349. The van der Waals surface area contributed by atoms with Crippen molar-refractivity contribution < 1.29 is 0 Å². The van der Waals surface area contributed by atoms with Gasteiger partial charge in [0.15, 0.2) is 0 Å². The third-order valence-electron chi connectivity index (χ3n) is 2.83. The molecule has 0 radical (unpaired) electrons. The van der Waals surface area contributed by atoms with Crippen LogP contribution < -0.4 is 5.32 Å². The van der Waals surface area contributed by atoms with Gasteiger partial charge in [-0.2, -0.15) is 0 Å². The Morgan fingerprint density at radius 1 is 1.41 bits per heavy atom. The largest absolute Gasteiger partial charge is 0.310 e. The number of aryl methyl sites for hydroxylation is 1. The predicted octanol–water partition coefficient (Wildman–Crippen LogP) is 1.56. The summed E-state index contributed by atoms with van der Waals surface area (Å²) in [5, 5.41) is 3.38. The van der Waals surface area contributed by atoms with Crippen LogP contribution in [0.1, 0.15) is 37.0 Å². The minimum Gasteiger partial charge on any atom is -0.310 e. The van der Waals surface area contributed by atoms with E-state index in [9.17, 15) is 0 Å². The van der Waals surface area contributed by atoms with Crippen LogP contribution in [0.4, 0.5) is 0 Å². The van der Waals surface area contributed by atoms with Crippen molar-refractivity contribution in [1.82, 2.24) is 20.2 Å². The Balaban J connectivity index is 2.72. The fourth-order valence-electron chi connectivity index (χ4n) is 1.81. The van der Waals surface area contributed by atoms with Crippen molar-refractivity contribution in [3.63, 3.8) is 0 Å². The van der Waals surface area contributed by atoms with Crippen LogP contribution in [0.2, 0.25) is 0 Å². The van der Waals surface area contributed by atoms with Crippen LogP contribution in [-0.4, -0.2) is 42.1 Å². The number of rotatable bonds is 6. The molecule has 0 saturated heterocycles. The van der Waals surface area contributed by atoms with Crippen LogP contribution in [-0.2, 0) is 6.42 Å². The molecular weight excluding hydrogens is 212 g/mol. The van der Waals surface area contributed by atoms with Crippen molar-refractivity contribution in [2.75, 3.05) is 27.2 Å². The summed E-state index contributed by atoms with van der Waals surface area (Å²) in [6.45, 7) is 8.27. The van der Waals surface area contributed by atoms with E-state index in [-0.39, 0.29) is 0 Å². The molecule has 0 bridgehead atoms. The first-order chi connectivity index (χ1) is 8.04.